The van der Waals surface area contributed by atoms with E-state index in [1.807, 2.05) is 0 Å². The van der Waals surface area contributed by atoms with E-state index >= 15 is 0 Å². The van der Waals surface area contributed by atoms with Crippen molar-refractivity contribution in [2.75, 3.05) is 20.8 Å². The summed E-state index contributed by atoms with van der Waals surface area (Å²) in [6, 6.07) is -0.689. The van der Waals surface area contributed by atoms with Crippen LogP contribution in [0.15, 0.2) is 0 Å². The van der Waals surface area contributed by atoms with Gasteiger partial charge in [0.15, 0.2) is 0 Å². The first-order valence-corrected chi connectivity index (χ1v) is 2.88. The lowest BCUT2D eigenvalue weighted by Gasteiger charge is -2.29. The Morgan fingerprint density at radius 3 is 1.90 bits per heavy atom. The average molecular weight is 143 g/mol. The van der Waals surface area contributed by atoms with Gasteiger partial charge in [-0.05, 0) is 0 Å². The summed E-state index contributed by atoms with van der Waals surface area (Å²) >= 11 is 0. The molecule has 0 radical (unpaired) electrons. The van der Waals surface area contributed by atoms with Gasteiger partial charge in [-0.1, -0.05) is 0 Å². The van der Waals surface area contributed by atoms with Crippen molar-refractivity contribution in [3.8, 4) is 0 Å². The fraction of sp³-hybridized carbons (Fsp3) is 0.600. The van der Waals surface area contributed by atoms with Gasteiger partial charge in [-0.15, -0.1) is 0 Å². The summed E-state index contributed by atoms with van der Waals surface area (Å²) in [5, 5.41) is 2.15. The molecule has 1 aliphatic heterocycles. The van der Waals surface area contributed by atoms with E-state index < -0.39 is 0 Å². The zero-order valence-electron chi connectivity index (χ0n) is 5.92. The van der Waals surface area contributed by atoms with Crippen LogP contribution in [0.2, 0.25) is 0 Å². The van der Waals surface area contributed by atoms with Crippen molar-refractivity contribution in [2.24, 2.45) is 0 Å². The SMILES string of the molecule is CN1CN(C)C(=O)NC1=O. The van der Waals surface area contributed by atoms with E-state index in [0.29, 0.717) is 6.67 Å². The van der Waals surface area contributed by atoms with Gasteiger partial charge in [0, 0.05) is 14.1 Å². The minimum atomic E-state index is -0.344. The Balaban J connectivity index is 2.63. The van der Waals surface area contributed by atoms with E-state index in [-0.39, 0.29) is 12.1 Å². The molecule has 1 saturated heterocycles. The van der Waals surface area contributed by atoms with E-state index in [0.717, 1.165) is 0 Å². The van der Waals surface area contributed by atoms with E-state index in [2.05, 4.69) is 5.32 Å². The Morgan fingerprint density at radius 1 is 1.20 bits per heavy atom. The third-order valence-electron chi connectivity index (χ3n) is 1.33. The smallest absolute Gasteiger partial charge is 0.310 e. The van der Waals surface area contributed by atoms with Crippen LogP contribution in [0.3, 0.4) is 0 Å². The first-order chi connectivity index (χ1) is 4.61. The maximum atomic E-state index is 10.7. The number of imide groups is 1. The molecule has 0 saturated carbocycles. The summed E-state index contributed by atoms with van der Waals surface area (Å²) in [6.07, 6.45) is 0. The van der Waals surface area contributed by atoms with Gasteiger partial charge < -0.3 is 9.80 Å². The van der Waals surface area contributed by atoms with Gasteiger partial charge in [0.1, 0.15) is 0 Å². The highest BCUT2D eigenvalue weighted by Gasteiger charge is 2.22. The quantitative estimate of drug-likeness (QED) is 0.504. The molecule has 5 nitrogen and oxygen atoms in total. The minimum Gasteiger partial charge on any atom is -0.310 e. The lowest BCUT2D eigenvalue weighted by atomic mass is 10.6. The molecule has 1 fully saturated rings. The molecule has 1 N–H and O–H groups in total. The molecule has 5 heteroatoms. The van der Waals surface area contributed by atoms with Crippen LogP contribution in [0.5, 0.6) is 0 Å². The van der Waals surface area contributed by atoms with Crippen molar-refractivity contribution in [1.29, 1.82) is 0 Å². The molecular weight excluding hydrogens is 134 g/mol. The highest BCUT2D eigenvalue weighted by atomic mass is 16.2. The molecule has 1 heterocycles. The maximum absolute atomic E-state index is 10.7. The zero-order valence-corrected chi connectivity index (χ0v) is 5.92. The van der Waals surface area contributed by atoms with E-state index in [9.17, 15) is 9.59 Å². The molecule has 0 bridgehead atoms. The van der Waals surface area contributed by atoms with E-state index in [4.69, 9.17) is 0 Å². The van der Waals surface area contributed by atoms with Crippen molar-refractivity contribution in [3.05, 3.63) is 0 Å². The summed E-state index contributed by atoms with van der Waals surface area (Å²) in [6.45, 7) is 0.352. The first kappa shape index (κ1) is 6.85. The zero-order chi connectivity index (χ0) is 7.72. The van der Waals surface area contributed by atoms with Gasteiger partial charge in [0.2, 0.25) is 0 Å². The fourth-order valence-corrected chi connectivity index (χ4v) is 0.729. The van der Waals surface area contributed by atoms with Crippen molar-refractivity contribution < 1.29 is 9.59 Å². The molecule has 0 aromatic carbocycles. The molecule has 4 amide bonds. The predicted octanol–water partition coefficient (Wildman–Crippen LogP) is -0.349. The van der Waals surface area contributed by atoms with Gasteiger partial charge in [0.05, 0.1) is 6.67 Å². The first-order valence-electron chi connectivity index (χ1n) is 2.88. The Labute approximate surface area is 58.6 Å². The van der Waals surface area contributed by atoms with Crippen LogP contribution in [0.1, 0.15) is 0 Å². The van der Waals surface area contributed by atoms with Gasteiger partial charge in [-0.3, -0.25) is 5.32 Å². The Bertz CT molecular complexity index is 162. The summed E-state index contributed by atoms with van der Waals surface area (Å²) in [5.74, 6) is 0. The number of carbonyl (C=O) groups excluding carboxylic acids is 2. The largest absolute Gasteiger partial charge is 0.326 e. The molecular formula is C5H9N3O2. The van der Waals surface area contributed by atoms with Crippen LogP contribution >= 0.6 is 0 Å². The topological polar surface area (TPSA) is 52.6 Å². The van der Waals surface area contributed by atoms with Gasteiger partial charge in [0.25, 0.3) is 0 Å². The average Bonchev–Trinajstić information content (AvgIpc) is 1.84. The van der Waals surface area contributed by atoms with E-state index in [1.54, 1.807) is 14.1 Å². The lowest BCUT2D eigenvalue weighted by molar-refractivity contribution is 0.146. The second-order valence-electron chi connectivity index (χ2n) is 2.27. The van der Waals surface area contributed by atoms with Gasteiger partial charge in [-0.25, -0.2) is 9.59 Å². The van der Waals surface area contributed by atoms with Crippen molar-refractivity contribution in [3.63, 3.8) is 0 Å². The summed E-state index contributed by atoms with van der Waals surface area (Å²) < 4.78 is 0. The normalized spacial score (nSPS) is 19.4. The van der Waals surface area contributed by atoms with Crippen LogP contribution in [0.4, 0.5) is 9.59 Å². The molecule has 0 unspecified atom stereocenters. The molecule has 0 aromatic heterocycles. The molecule has 56 valence electrons. The number of nitrogens with one attached hydrogen (secondary N) is 1. The molecule has 10 heavy (non-hydrogen) atoms. The Morgan fingerprint density at radius 2 is 1.60 bits per heavy atom. The van der Waals surface area contributed by atoms with Crippen molar-refractivity contribution >= 4 is 12.1 Å². The molecule has 0 atom stereocenters. The molecule has 1 rings (SSSR count). The number of nitrogens with zero attached hydrogens (tertiary/aromatic N) is 2. The fourth-order valence-electron chi connectivity index (χ4n) is 0.729. The van der Waals surface area contributed by atoms with Crippen LogP contribution < -0.4 is 5.32 Å². The molecule has 0 aliphatic carbocycles. The van der Waals surface area contributed by atoms with E-state index in [1.165, 1.54) is 9.80 Å². The third kappa shape index (κ3) is 1.02. The van der Waals surface area contributed by atoms with Crippen LogP contribution in [-0.4, -0.2) is 42.6 Å². The number of hydrogen-bond donors (Lipinski definition) is 1. The number of carbonyl (C=O) groups is 2. The maximum Gasteiger partial charge on any atom is 0.326 e. The summed E-state index contributed by atoms with van der Waals surface area (Å²) in [4.78, 5) is 24.3. The Hall–Kier alpha value is -1.26. The van der Waals surface area contributed by atoms with Crippen molar-refractivity contribution in [1.82, 2.24) is 15.1 Å². The predicted molar refractivity (Wildman–Crippen MR) is 34.3 cm³/mol. The monoisotopic (exact) mass is 143 g/mol. The highest BCUT2D eigenvalue weighted by molar-refractivity contribution is 5.95. The number of hydrogen-bond acceptors (Lipinski definition) is 2. The minimum absolute atomic E-state index is 0.344. The van der Waals surface area contributed by atoms with Crippen LogP contribution in [-0.2, 0) is 0 Å². The third-order valence-corrected chi connectivity index (χ3v) is 1.33. The molecule has 0 spiro atoms. The van der Waals surface area contributed by atoms with Crippen LogP contribution in [0, 0.1) is 0 Å². The molecule has 0 aromatic rings. The Kier molecular flexibility index (Phi) is 1.48. The van der Waals surface area contributed by atoms with Crippen LogP contribution in [0.25, 0.3) is 0 Å². The number of amides is 4. The highest BCUT2D eigenvalue weighted by Crippen LogP contribution is 1.96. The number of urea groups is 2. The summed E-state index contributed by atoms with van der Waals surface area (Å²) in [5.41, 5.74) is 0. The second kappa shape index (κ2) is 2.17. The number of rotatable bonds is 0. The molecule has 1 aliphatic rings. The lowest BCUT2D eigenvalue weighted by Crippen LogP contribution is -2.56. The second-order valence-corrected chi connectivity index (χ2v) is 2.27. The van der Waals surface area contributed by atoms with Gasteiger partial charge in [-0.2, -0.15) is 0 Å². The standard InChI is InChI=1S/C5H9N3O2/c1-7-3-8(2)5(10)6-4(7)9/h3H2,1-2H3,(H,6,9,10). The van der Waals surface area contributed by atoms with Crippen molar-refractivity contribution in [2.45, 2.75) is 0 Å². The summed E-state index contributed by atoms with van der Waals surface area (Å²) in [7, 11) is 3.25. The van der Waals surface area contributed by atoms with Gasteiger partial charge >= 0.3 is 12.1 Å².